The van der Waals surface area contributed by atoms with Crippen molar-refractivity contribution in [1.82, 2.24) is 5.32 Å². The molecule has 9 nitrogen and oxygen atoms in total. The molecule has 1 saturated heterocycles. The van der Waals surface area contributed by atoms with Crippen LogP contribution in [0, 0.1) is 0 Å². The second kappa shape index (κ2) is 45.4. The third-order valence-electron chi connectivity index (χ3n) is 11.3. The number of aliphatic hydroxyl groups is 5. The van der Waals surface area contributed by atoms with Gasteiger partial charge in [0.2, 0.25) is 5.91 Å². The third kappa shape index (κ3) is 34.8. The Hall–Kier alpha value is -3.41. The Kier molecular flexibility index (Phi) is 41.7. The number of carbonyl (C=O) groups excluding carboxylic acids is 1. The summed E-state index contributed by atoms with van der Waals surface area (Å²) in [6.07, 6.45) is 61.2. The van der Waals surface area contributed by atoms with E-state index in [0.717, 1.165) is 103 Å². The highest BCUT2D eigenvalue weighted by atomic mass is 16.7. The summed E-state index contributed by atoms with van der Waals surface area (Å²) in [5.41, 5.74) is 0. The van der Waals surface area contributed by atoms with Gasteiger partial charge in [0.05, 0.1) is 25.4 Å². The molecule has 0 bridgehead atoms. The van der Waals surface area contributed by atoms with Crippen LogP contribution in [0.15, 0.2) is 122 Å². The van der Waals surface area contributed by atoms with E-state index < -0.39 is 49.5 Å². The van der Waals surface area contributed by atoms with Gasteiger partial charge in [0.25, 0.3) is 0 Å². The van der Waals surface area contributed by atoms with E-state index in [4.69, 9.17) is 9.47 Å². The van der Waals surface area contributed by atoms with Gasteiger partial charge in [-0.1, -0.05) is 193 Å². The summed E-state index contributed by atoms with van der Waals surface area (Å²) in [6.45, 7) is 3.57. The van der Waals surface area contributed by atoms with Crippen molar-refractivity contribution in [3.8, 4) is 0 Å². The minimum atomic E-state index is -1.58. The van der Waals surface area contributed by atoms with E-state index in [1.54, 1.807) is 6.08 Å². The Balaban J connectivity index is 2.20. The van der Waals surface area contributed by atoms with Crippen LogP contribution in [-0.4, -0.2) is 87.5 Å². The highest BCUT2D eigenvalue weighted by Gasteiger charge is 2.44. The number of rotatable bonds is 41. The van der Waals surface area contributed by atoms with E-state index in [-0.39, 0.29) is 12.5 Å². The summed E-state index contributed by atoms with van der Waals surface area (Å²) in [7, 11) is 0. The molecule has 1 amide bonds. The normalized spacial score (nSPS) is 20.9. The van der Waals surface area contributed by atoms with Gasteiger partial charge in [-0.3, -0.25) is 4.79 Å². The Morgan fingerprint density at radius 1 is 0.530 bits per heavy atom. The molecule has 0 aromatic heterocycles. The van der Waals surface area contributed by atoms with E-state index in [1.165, 1.54) is 51.4 Å². The molecule has 1 rings (SSSR count). The number of aliphatic hydroxyl groups excluding tert-OH is 5. The van der Waals surface area contributed by atoms with Crippen LogP contribution < -0.4 is 5.32 Å². The number of nitrogens with one attached hydrogen (secondary N) is 1. The van der Waals surface area contributed by atoms with Crippen molar-refractivity contribution >= 4 is 5.91 Å². The first kappa shape index (κ1) is 60.6. The first-order chi connectivity index (χ1) is 32.3. The van der Waals surface area contributed by atoms with Gasteiger partial charge >= 0.3 is 0 Å². The maximum Gasteiger partial charge on any atom is 0.220 e. The number of carbonyl (C=O) groups is 1. The SMILES string of the molecule is CC/C=C\C/C=C\C/C=C\C/C=C\C/C=C\C/C=C\C/C=C\C/C=C\CCCCCCCCCCC(=O)NC(COC1OC(CO)C(O)C(O)C1O)C(O)/C=C/CC/C=C/CCCCCC. The molecule has 66 heavy (non-hydrogen) atoms. The second-order valence-electron chi connectivity index (χ2n) is 17.2. The van der Waals surface area contributed by atoms with Crippen molar-refractivity contribution in [3.63, 3.8) is 0 Å². The van der Waals surface area contributed by atoms with Gasteiger partial charge in [0.1, 0.15) is 24.4 Å². The van der Waals surface area contributed by atoms with Gasteiger partial charge in [-0.25, -0.2) is 0 Å². The van der Waals surface area contributed by atoms with E-state index in [9.17, 15) is 30.3 Å². The fourth-order valence-corrected chi connectivity index (χ4v) is 7.19. The fourth-order valence-electron chi connectivity index (χ4n) is 7.19. The first-order valence-corrected chi connectivity index (χ1v) is 25.8. The quantitative estimate of drug-likeness (QED) is 0.0262. The predicted octanol–water partition coefficient (Wildman–Crippen LogP) is 12.0. The molecule has 0 saturated carbocycles. The molecule has 9 heteroatoms. The van der Waals surface area contributed by atoms with Crippen LogP contribution in [0.5, 0.6) is 0 Å². The molecular weight excluding hydrogens is 827 g/mol. The van der Waals surface area contributed by atoms with Crippen molar-refractivity contribution < 1.29 is 39.8 Å². The Morgan fingerprint density at radius 3 is 1.45 bits per heavy atom. The van der Waals surface area contributed by atoms with Crippen LogP contribution in [0.4, 0.5) is 0 Å². The summed E-state index contributed by atoms with van der Waals surface area (Å²) in [5.74, 6) is -0.204. The van der Waals surface area contributed by atoms with Gasteiger partial charge in [-0.2, -0.15) is 0 Å². The predicted molar refractivity (Wildman–Crippen MR) is 276 cm³/mol. The van der Waals surface area contributed by atoms with Crippen molar-refractivity contribution in [3.05, 3.63) is 122 Å². The molecule has 0 radical (unpaired) electrons. The highest BCUT2D eigenvalue weighted by Crippen LogP contribution is 2.22. The van der Waals surface area contributed by atoms with E-state index in [2.05, 4.69) is 129 Å². The van der Waals surface area contributed by atoms with Crippen LogP contribution in [0.3, 0.4) is 0 Å². The molecule has 0 aromatic rings. The Bertz CT molecular complexity index is 1440. The van der Waals surface area contributed by atoms with Crippen LogP contribution in [-0.2, 0) is 14.3 Å². The smallest absolute Gasteiger partial charge is 0.220 e. The molecule has 0 aromatic carbocycles. The summed E-state index contributed by atoms with van der Waals surface area (Å²) in [5, 5.41) is 54.1. The number of hydrogen-bond donors (Lipinski definition) is 6. The summed E-state index contributed by atoms with van der Waals surface area (Å²) in [6, 6.07) is -0.833. The van der Waals surface area contributed by atoms with Gasteiger partial charge in [0, 0.05) is 6.42 Å². The zero-order chi connectivity index (χ0) is 48.0. The second-order valence-corrected chi connectivity index (χ2v) is 17.2. The minimum Gasteiger partial charge on any atom is -0.394 e. The average Bonchev–Trinajstić information content (AvgIpc) is 3.32. The van der Waals surface area contributed by atoms with Crippen LogP contribution >= 0.6 is 0 Å². The largest absolute Gasteiger partial charge is 0.394 e. The summed E-state index contributed by atoms with van der Waals surface area (Å²) >= 11 is 0. The lowest BCUT2D eigenvalue weighted by Crippen LogP contribution is -2.60. The van der Waals surface area contributed by atoms with Crippen molar-refractivity contribution in [2.45, 2.75) is 217 Å². The number of unbranched alkanes of at least 4 members (excludes halogenated alkanes) is 13. The topological polar surface area (TPSA) is 149 Å². The van der Waals surface area contributed by atoms with Crippen molar-refractivity contribution in [1.29, 1.82) is 0 Å². The van der Waals surface area contributed by atoms with E-state index in [1.807, 2.05) is 6.08 Å². The van der Waals surface area contributed by atoms with Crippen LogP contribution in [0.25, 0.3) is 0 Å². The van der Waals surface area contributed by atoms with E-state index >= 15 is 0 Å². The molecule has 1 heterocycles. The summed E-state index contributed by atoms with van der Waals surface area (Å²) in [4.78, 5) is 13.0. The van der Waals surface area contributed by atoms with Gasteiger partial charge in [-0.05, 0) is 96.3 Å². The zero-order valence-electron chi connectivity index (χ0n) is 41.1. The van der Waals surface area contributed by atoms with Gasteiger partial charge in [-0.15, -0.1) is 0 Å². The number of amides is 1. The van der Waals surface area contributed by atoms with E-state index in [0.29, 0.717) is 6.42 Å². The molecule has 7 unspecified atom stereocenters. The minimum absolute atomic E-state index is 0.204. The molecule has 0 aliphatic carbocycles. The number of ether oxygens (including phenoxy) is 2. The lowest BCUT2D eigenvalue weighted by Gasteiger charge is -2.40. The lowest BCUT2D eigenvalue weighted by atomic mass is 9.99. The molecule has 0 spiro atoms. The average molecular weight is 920 g/mol. The van der Waals surface area contributed by atoms with Crippen LogP contribution in [0.2, 0.25) is 0 Å². The third-order valence-corrected chi connectivity index (χ3v) is 11.3. The Labute approximate surface area is 401 Å². The zero-order valence-corrected chi connectivity index (χ0v) is 41.1. The highest BCUT2D eigenvalue weighted by molar-refractivity contribution is 5.76. The molecule has 1 fully saturated rings. The Morgan fingerprint density at radius 2 is 0.955 bits per heavy atom. The fraction of sp³-hybridized carbons (Fsp3) is 0.632. The van der Waals surface area contributed by atoms with Crippen molar-refractivity contribution in [2.24, 2.45) is 0 Å². The lowest BCUT2D eigenvalue weighted by molar-refractivity contribution is -0.302. The molecule has 6 N–H and O–H groups in total. The first-order valence-electron chi connectivity index (χ1n) is 25.8. The monoisotopic (exact) mass is 920 g/mol. The van der Waals surface area contributed by atoms with Gasteiger partial charge < -0.3 is 40.3 Å². The molecule has 7 atom stereocenters. The summed E-state index contributed by atoms with van der Waals surface area (Å²) < 4.78 is 11.2. The van der Waals surface area contributed by atoms with Crippen molar-refractivity contribution in [2.75, 3.05) is 13.2 Å². The standard InChI is InChI=1S/C57H93NO8/c1-3-5-7-9-11-13-15-16-17-18-19-20-21-22-23-24-25-26-27-28-29-30-31-32-33-34-35-36-37-39-41-43-45-47-53(61)58-50(49-65-57-56(64)55(63)54(62)52(48-59)66-57)51(60)46-44-42-40-38-14-12-10-8-6-4-2/h5,7,11,13-14,16-17,19-20,22-23,25-26,28-29,31-32,38,44,46,50-52,54-57,59-60,62-64H,3-4,6,8-10,12,15,18,21,24,27,30,33-37,39-43,45,47-49H2,1-2H3,(H,58,61)/b7-5-,13-11-,17-16-,20-19-,23-22-,26-25-,29-28-,32-31-,38-14+,46-44+. The molecular formula is C57H93NO8. The number of hydrogen-bond acceptors (Lipinski definition) is 8. The molecule has 1 aliphatic heterocycles. The molecule has 1 aliphatic rings. The maximum absolute atomic E-state index is 13.0. The number of allylic oxidation sites excluding steroid dienone is 19. The van der Waals surface area contributed by atoms with Crippen LogP contribution in [0.1, 0.15) is 174 Å². The van der Waals surface area contributed by atoms with Gasteiger partial charge in [0.15, 0.2) is 6.29 Å². The molecule has 374 valence electrons. The maximum atomic E-state index is 13.0.